The fourth-order valence-electron chi connectivity index (χ4n) is 3.87. The van der Waals surface area contributed by atoms with Gasteiger partial charge in [-0.1, -0.05) is 67.1 Å². The number of benzene rings is 2. The minimum atomic E-state index is 0.792. The highest BCUT2D eigenvalue weighted by molar-refractivity contribution is 6.30. The molecular weight excluding hydrogens is 324 g/mol. The minimum Gasteiger partial charge on any atom is -0.0885 e. The lowest BCUT2D eigenvalue weighted by atomic mass is 9.79. The number of rotatable bonds is 6. The second-order valence-electron chi connectivity index (χ2n) is 7.36. The van der Waals surface area contributed by atoms with Crippen molar-refractivity contribution in [1.29, 1.82) is 0 Å². The van der Waals surface area contributed by atoms with Crippen LogP contribution >= 0.6 is 11.6 Å². The van der Waals surface area contributed by atoms with Crippen molar-refractivity contribution >= 4 is 11.6 Å². The van der Waals surface area contributed by atoms with Crippen molar-refractivity contribution in [2.45, 2.75) is 51.9 Å². The summed E-state index contributed by atoms with van der Waals surface area (Å²) in [5, 5.41) is 0.792. The molecule has 1 aliphatic carbocycles. The van der Waals surface area contributed by atoms with E-state index in [1.165, 1.54) is 61.6 Å². The Morgan fingerprint density at radius 3 is 2.08 bits per heavy atom. The molecule has 1 heteroatoms. The summed E-state index contributed by atoms with van der Waals surface area (Å²) in [5.74, 6) is 1.76. The van der Waals surface area contributed by atoms with E-state index in [0.29, 0.717) is 0 Å². The van der Waals surface area contributed by atoms with Crippen LogP contribution in [0.5, 0.6) is 0 Å². The summed E-state index contributed by atoms with van der Waals surface area (Å²) in [6.45, 7) is 2.22. The molecular formula is C24H29Cl. The van der Waals surface area contributed by atoms with Gasteiger partial charge in [-0.3, -0.25) is 0 Å². The molecule has 0 radical (unpaired) electrons. The highest BCUT2D eigenvalue weighted by Gasteiger charge is 2.19. The van der Waals surface area contributed by atoms with E-state index >= 15 is 0 Å². The topological polar surface area (TPSA) is 0 Å². The summed E-state index contributed by atoms with van der Waals surface area (Å²) in [5.41, 5.74) is 3.96. The van der Waals surface area contributed by atoms with Crippen molar-refractivity contribution < 1.29 is 0 Å². The maximum Gasteiger partial charge on any atom is 0.0406 e. The van der Waals surface area contributed by atoms with Crippen LogP contribution < -0.4 is 0 Å². The molecule has 0 atom stereocenters. The van der Waals surface area contributed by atoms with Crippen molar-refractivity contribution in [2.75, 3.05) is 0 Å². The van der Waals surface area contributed by atoms with Crippen molar-refractivity contribution in [3.05, 3.63) is 71.3 Å². The van der Waals surface area contributed by atoms with Gasteiger partial charge in [0.1, 0.15) is 0 Å². The first-order chi connectivity index (χ1) is 12.2. The van der Waals surface area contributed by atoms with Crippen LogP contribution in [0.25, 0.3) is 11.1 Å². The van der Waals surface area contributed by atoms with Gasteiger partial charge in [0, 0.05) is 5.02 Å². The van der Waals surface area contributed by atoms with Crippen LogP contribution in [-0.4, -0.2) is 0 Å². The number of hydrogen-bond acceptors (Lipinski definition) is 0. The largest absolute Gasteiger partial charge is 0.0885 e. The van der Waals surface area contributed by atoms with Gasteiger partial charge in [-0.05, 0) is 85.6 Å². The summed E-state index contributed by atoms with van der Waals surface area (Å²) < 4.78 is 0. The van der Waals surface area contributed by atoms with Crippen molar-refractivity contribution in [2.24, 2.45) is 11.8 Å². The standard InChI is InChI=1S/C24H29Cl/c1-2-3-4-19-5-7-20(8-6-19)9-10-21-11-13-22(14-12-21)23-15-17-24(25)18-16-23/h3-4,11-20H,2,5-10H2,1H3/b4-3+/t19-,20-. The van der Waals surface area contributed by atoms with Crippen LogP contribution in [0.1, 0.15) is 51.0 Å². The van der Waals surface area contributed by atoms with Crippen LogP contribution in [0, 0.1) is 11.8 Å². The third-order valence-corrected chi connectivity index (χ3v) is 5.76. The van der Waals surface area contributed by atoms with E-state index in [9.17, 15) is 0 Å². The Balaban J connectivity index is 1.48. The Labute approximate surface area is 157 Å². The molecule has 0 N–H and O–H groups in total. The Hall–Kier alpha value is -1.53. The molecule has 2 aromatic carbocycles. The van der Waals surface area contributed by atoms with E-state index in [1.807, 2.05) is 12.1 Å². The average molecular weight is 353 g/mol. The predicted octanol–water partition coefficient (Wildman–Crippen LogP) is 7.71. The van der Waals surface area contributed by atoms with E-state index in [4.69, 9.17) is 11.6 Å². The molecule has 0 nitrogen and oxygen atoms in total. The Morgan fingerprint density at radius 1 is 0.880 bits per heavy atom. The predicted molar refractivity (Wildman–Crippen MR) is 110 cm³/mol. The van der Waals surface area contributed by atoms with Crippen LogP contribution in [0.3, 0.4) is 0 Å². The zero-order valence-corrected chi connectivity index (χ0v) is 16.0. The molecule has 0 bridgehead atoms. The first-order valence-electron chi connectivity index (χ1n) is 9.76. The van der Waals surface area contributed by atoms with E-state index < -0.39 is 0 Å². The second-order valence-corrected chi connectivity index (χ2v) is 7.80. The average Bonchev–Trinajstić information content (AvgIpc) is 2.67. The quantitative estimate of drug-likeness (QED) is 0.467. The van der Waals surface area contributed by atoms with Crippen LogP contribution in [0.15, 0.2) is 60.7 Å². The Kier molecular flexibility index (Phi) is 6.76. The Bertz CT molecular complexity index is 658. The van der Waals surface area contributed by atoms with Crippen molar-refractivity contribution in [1.82, 2.24) is 0 Å². The third-order valence-electron chi connectivity index (χ3n) is 5.51. The van der Waals surface area contributed by atoms with Crippen molar-refractivity contribution in [3.8, 4) is 11.1 Å². The smallest absolute Gasteiger partial charge is 0.0406 e. The summed E-state index contributed by atoms with van der Waals surface area (Å²) >= 11 is 5.97. The van der Waals surface area contributed by atoms with Crippen LogP contribution in [0.4, 0.5) is 0 Å². The van der Waals surface area contributed by atoms with Gasteiger partial charge in [0.05, 0.1) is 0 Å². The summed E-state index contributed by atoms with van der Waals surface area (Å²) in [4.78, 5) is 0. The lowest BCUT2D eigenvalue weighted by Gasteiger charge is -2.26. The monoisotopic (exact) mass is 352 g/mol. The van der Waals surface area contributed by atoms with E-state index in [2.05, 4.69) is 55.5 Å². The lowest BCUT2D eigenvalue weighted by Crippen LogP contribution is -2.13. The van der Waals surface area contributed by atoms with Gasteiger partial charge in [-0.2, -0.15) is 0 Å². The molecule has 1 fully saturated rings. The van der Waals surface area contributed by atoms with Gasteiger partial charge in [0.15, 0.2) is 0 Å². The number of allylic oxidation sites excluding steroid dienone is 2. The molecule has 3 rings (SSSR count). The van der Waals surface area contributed by atoms with Gasteiger partial charge in [0.2, 0.25) is 0 Å². The Morgan fingerprint density at radius 2 is 1.48 bits per heavy atom. The molecule has 0 aromatic heterocycles. The molecule has 2 aromatic rings. The lowest BCUT2D eigenvalue weighted by molar-refractivity contribution is 0.296. The first-order valence-corrected chi connectivity index (χ1v) is 10.1. The fourth-order valence-corrected chi connectivity index (χ4v) is 4.00. The van der Waals surface area contributed by atoms with Gasteiger partial charge >= 0.3 is 0 Å². The molecule has 1 aliphatic rings. The van der Waals surface area contributed by atoms with E-state index in [1.54, 1.807) is 0 Å². The highest BCUT2D eigenvalue weighted by Crippen LogP contribution is 2.32. The molecule has 25 heavy (non-hydrogen) atoms. The summed E-state index contributed by atoms with van der Waals surface area (Å²) in [7, 11) is 0. The molecule has 0 unspecified atom stereocenters. The number of halogens is 1. The molecule has 132 valence electrons. The minimum absolute atomic E-state index is 0.792. The van der Waals surface area contributed by atoms with Gasteiger partial charge < -0.3 is 0 Å². The number of aryl methyl sites for hydroxylation is 1. The zero-order chi connectivity index (χ0) is 17.5. The number of hydrogen-bond donors (Lipinski definition) is 0. The fraction of sp³-hybridized carbons (Fsp3) is 0.417. The third kappa shape index (κ3) is 5.47. The summed E-state index contributed by atoms with van der Waals surface area (Å²) in [6, 6.07) is 17.1. The van der Waals surface area contributed by atoms with Crippen LogP contribution in [0.2, 0.25) is 5.02 Å². The molecule has 1 saturated carbocycles. The molecule has 0 aliphatic heterocycles. The highest BCUT2D eigenvalue weighted by atomic mass is 35.5. The first kappa shape index (κ1) is 18.3. The SMILES string of the molecule is CC/C=C/[C@H]1CC[C@H](CCc2ccc(-c3ccc(Cl)cc3)cc2)CC1. The van der Waals surface area contributed by atoms with E-state index in [0.717, 1.165) is 16.9 Å². The summed E-state index contributed by atoms with van der Waals surface area (Å²) in [6.07, 6.45) is 14.1. The maximum atomic E-state index is 5.97. The van der Waals surface area contributed by atoms with Crippen LogP contribution in [-0.2, 0) is 6.42 Å². The zero-order valence-electron chi connectivity index (χ0n) is 15.3. The van der Waals surface area contributed by atoms with Crippen molar-refractivity contribution in [3.63, 3.8) is 0 Å². The molecule has 0 amide bonds. The molecule has 0 saturated heterocycles. The normalized spacial score (nSPS) is 20.9. The molecule has 0 heterocycles. The van der Waals surface area contributed by atoms with Gasteiger partial charge in [0.25, 0.3) is 0 Å². The van der Waals surface area contributed by atoms with E-state index in [-0.39, 0.29) is 0 Å². The molecule has 0 spiro atoms. The van der Waals surface area contributed by atoms with Gasteiger partial charge in [-0.15, -0.1) is 0 Å². The second kappa shape index (κ2) is 9.25. The maximum absolute atomic E-state index is 5.97. The van der Waals surface area contributed by atoms with Gasteiger partial charge in [-0.25, -0.2) is 0 Å².